The van der Waals surface area contributed by atoms with Crippen molar-refractivity contribution in [3.05, 3.63) is 34.1 Å². The molecule has 0 N–H and O–H groups in total. The van der Waals surface area contributed by atoms with E-state index in [1.54, 1.807) is 0 Å². The number of hydrogen-bond donors (Lipinski definition) is 0. The van der Waals surface area contributed by atoms with E-state index in [1.165, 1.54) is 0 Å². The van der Waals surface area contributed by atoms with E-state index in [0.717, 1.165) is 18.2 Å². The van der Waals surface area contributed by atoms with Gasteiger partial charge in [-0.15, -0.1) is 0 Å². The Morgan fingerprint density at radius 3 is 2.22 bits per heavy atom. The smallest absolute Gasteiger partial charge is 0.292 e. The molecule has 0 bridgehead atoms. The third-order valence-corrected chi connectivity index (χ3v) is 2.98. The van der Waals surface area contributed by atoms with Gasteiger partial charge in [-0.2, -0.15) is 22.0 Å². The van der Waals surface area contributed by atoms with Gasteiger partial charge in [0.05, 0.1) is 4.47 Å². The fourth-order valence-corrected chi connectivity index (χ4v) is 1.53. The third-order valence-electron chi connectivity index (χ3n) is 2.09. The molecule has 8 heteroatoms. The molecule has 18 heavy (non-hydrogen) atoms. The molecule has 0 amide bonds. The van der Waals surface area contributed by atoms with Crippen LogP contribution in [0.1, 0.15) is 5.56 Å². The van der Waals surface area contributed by atoms with Gasteiger partial charge in [0, 0.05) is 6.42 Å². The van der Waals surface area contributed by atoms with Crippen LogP contribution in [0, 0.1) is 5.82 Å². The summed E-state index contributed by atoms with van der Waals surface area (Å²) in [7, 11) is 0. The molecule has 1 rings (SSSR count). The second kappa shape index (κ2) is 4.91. The Hall–Kier alpha value is -1.05. The summed E-state index contributed by atoms with van der Waals surface area (Å²) in [4.78, 5) is 10.9. The number of carbonyl (C=O) groups is 1. The number of benzene rings is 1. The number of Topliss-reactive ketones (excluding diaryl/α,β-unsaturated/α-hetero) is 1. The van der Waals surface area contributed by atoms with Crippen LogP contribution >= 0.6 is 15.9 Å². The van der Waals surface area contributed by atoms with Crippen molar-refractivity contribution in [3.8, 4) is 0 Å². The van der Waals surface area contributed by atoms with Crippen molar-refractivity contribution in [1.29, 1.82) is 0 Å². The van der Waals surface area contributed by atoms with Crippen LogP contribution < -0.4 is 0 Å². The van der Waals surface area contributed by atoms with Gasteiger partial charge in [-0.1, -0.05) is 12.1 Å². The first-order valence-electron chi connectivity index (χ1n) is 4.48. The molecular weight excluding hydrogens is 330 g/mol. The van der Waals surface area contributed by atoms with Crippen molar-refractivity contribution in [1.82, 2.24) is 0 Å². The topological polar surface area (TPSA) is 17.1 Å². The van der Waals surface area contributed by atoms with Crippen molar-refractivity contribution in [3.63, 3.8) is 0 Å². The quantitative estimate of drug-likeness (QED) is 0.766. The molecule has 0 saturated carbocycles. The van der Waals surface area contributed by atoms with E-state index in [-0.39, 0.29) is 10.0 Å². The molecule has 0 aromatic heterocycles. The minimum absolute atomic E-state index is 0.274. The summed E-state index contributed by atoms with van der Waals surface area (Å²) in [5.41, 5.74) is -0.274. The average Bonchev–Trinajstić information content (AvgIpc) is 2.23. The molecule has 0 heterocycles. The molecule has 0 aliphatic carbocycles. The first-order valence-corrected chi connectivity index (χ1v) is 5.27. The summed E-state index contributed by atoms with van der Waals surface area (Å²) >= 11 is 2.67. The van der Waals surface area contributed by atoms with Crippen molar-refractivity contribution < 1.29 is 31.1 Å². The summed E-state index contributed by atoms with van der Waals surface area (Å²) in [5, 5.41) is 0. The molecule has 0 unspecified atom stereocenters. The maximum atomic E-state index is 13.0. The zero-order valence-corrected chi connectivity index (χ0v) is 10.1. The predicted octanol–water partition coefficient (Wildman–Crippen LogP) is 3.90. The minimum atomic E-state index is -5.95. The Labute approximate surface area is 106 Å². The van der Waals surface area contributed by atoms with Crippen molar-refractivity contribution in [2.45, 2.75) is 18.5 Å². The monoisotopic (exact) mass is 334 g/mol. The van der Waals surface area contributed by atoms with Gasteiger partial charge < -0.3 is 0 Å². The molecule has 0 fully saturated rings. The molecule has 1 aromatic carbocycles. The second-order valence-electron chi connectivity index (χ2n) is 3.39. The highest BCUT2D eigenvalue weighted by Crippen LogP contribution is 2.37. The normalized spacial score (nSPS) is 12.6. The van der Waals surface area contributed by atoms with Gasteiger partial charge in [0.2, 0.25) is 5.78 Å². The number of ketones is 1. The highest BCUT2D eigenvalue weighted by Gasteiger charge is 2.62. The van der Waals surface area contributed by atoms with Gasteiger partial charge in [-0.25, -0.2) is 4.39 Å². The average molecular weight is 335 g/mol. The van der Waals surface area contributed by atoms with Gasteiger partial charge in [-0.3, -0.25) is 4.79 Å². The lowest BCUT2D eigenvalue weighted by Gasteiger charge is -2.18. The maximum Gasteiger partial charge on any atom is 0.461 e. The van der Waals surface area contributed by atoms with Gasteiger partial charge in [0.1, 0.15) is 5.82 Å². The van der Waals surface area contributed by atoms with Crippen molar-refractivity contribution >= 4 is 21.7 Å². The van der Waals surface area contributed by atoms with Crippen LogP contribution in [0.5, 0.6) is 0 Å². The Morgan fingerprint density at radius 1 is 1.17 bits per heavy atom. The molecule has 1 aromatic rings. The van der Waals surface area contributed by atoms with Crippen LogP contribution in [0.25, 0.3) is 0 Å². The lowest BCUT2D eigenvalue weighted by atomic mass is 10.0. The van der Waals surface area contributed by atoms with Crippen molar-refractivity contribution in [2.24, 2.45) is 0 Å². The second-order valence-corrected chi connectivity index (χ2v) is 4.18. The SMILES string of the molecule is O=C(Cc1cccc(F)c1Br)C(F)(F)C(F)(F)F. The summed E-state index contributed by atoms with van der Waals surface area (Å²) in [5.74, 6) is -8.63. The molecule has 0 spiro atoms. The van der Waals surface area contributed by atoms with Crippen LogP contribution in [0.2, 0.25) is 0 Å². The molecular formula is C10H5BrF6O. The molecule has 0 atom stereocenters. The van der Waals surface area contributed by atoms with E-state index in [0.29, 0.717) is 0 Å². The molecule has 0 aliphatic heterocycles. The largest absolute Gasteiger partial charge is 0.461 e. The van der Waals surface area contributed by atoms with Gasteiger partial charge in [-0.05, 0) is 27.6 Å². The summed E-state index contributed by atoms with van der Waals surface area (Å²) in [6, 6.07) is 3.16. The highest BCUT2D eigenvalue weighted by molar-refractivity contribution is 9.10. The molecule has 0 aliphatic rings. The lowest BCUT2D eigenvalue weighted by molar-refractivity contribution is -0.268. The molecule has 100 valence electrons. The van der Waals surface area contributed by atoms with E-state index in [2.05, 4.69) is 15.9 Å². The van der Waals surface area contributed by atoms with E-state index in [9.17, 15) is 31.1 Å². The zero-order chi connectivity index (χ0) is 14.1. The van der Waals surface area contributed by atoms with Gasteiger partial charge in [0.15, 0.2) is 0 Å². The lowest BCUT2D eigenvalue weighted by Crippen LogP contribution is -2.44. The Bertz CT molecular complexity index is 468. The first kappa shape index (κ1) is 15.0. The fourth-order valence-electron chi connectivity index (χ4n) is 1.13. The fraction of sp³-hybridized carbons (Fsp3) is 0.300. The summed E-state index contributed by atoms with van der Waals surface area (Å²) < 4.78 is 73.7. The summed E-state index contributed by atoms with van der Waals surface area (Å²) in [6.45, 7) is 0. The number of carbonyl (C=O) groups excluding carboxylic acids is 1. The summed E-state index contributed by atoms with van der Waals surface area (Å²) in [6.07, 6.45) is -7.17. The molecule has 0 saturated heterocycles. The van der Waals surface area contributed by atoms with Gasteiger partial charge in [0.25, 0.3) is 0 Å². The number of rotatable bonds is 3. The number of alkyl halides is 5. The number of hydrogen-bond acceptors (Lipinski definition) is 1. The third kappa shape index (κ3) is 2.85. The van der Waals surface area contributed by atoms with Crippen LogP contribution in [-0.4, -0.2) is 17.9 Å². The van der Waals surface area contributed by atoms with Crippen LogP contribution in [0.15, 0.2) is 22.7 Å². The molecule has 1 nitrogen and oxygen atoms in total. The van der Waals surface area contributed by atoms with Crippen LogP contribution in [0.3, 0.4) is 0 Å². The maximum absolute atomic E-state index is 13.0. The van der Waals surface area contributed by atoms with E-state index >= 15 is 0 Å². The Kier molecular flexibility index (Phi) is 4.09. The highest BCUT2D eigenvalue weighted by atomic mass is 79.9. The van der Waals surface area contributed by atoms with Crippen LogP contribution in [-0.2, 0) is 11.2 Å². The van der Waals surface area contributed by atoms with Gasteiger partial charge >= 0.3 is 12.1 Å². The van der Waals surface area contributed by atoms with Crippen molar-refractivity contribution in [2.75, 3.05) is 0 Å². The zero-order valence-electron chi connectivity index (χ0n) is 8.49. The van der Waals surface area contributed by atoms with E-state index < -0.39 is 30.1 Å². The Balaban J connectivity index is 2.99. The van der Waals surface area contributed by atoms with E-state index in [4.69, 9.17) is 0 Å². The standard InChI is InChI=1S/C10H5BrF6O/c11-8-5(2-1-3-6(8)12)4-7(18)9(13,14)10(15,16)17/h1-3H,4H2. The number of halogens is 7. The Morgan fingerprint density at radius 2 is 1.72 bits per heavy atom. The van der Waals surface area contributed by atoms with Crippen LogP contribution in [0.4, 0.5) is 26.3 Å². The molecule has 0 radical (unpaired) electrons. The predicted molar refractivity (Wildman–Crippen MR) is 53.8 cm³/mol. The first-order chi connectivity index (χ1) is 8.07. The minimum Gasteiger partial charge on any atom is -0.292 e. The van der Waals surface area contributed by atoms with E-state index in [1.807, 2.05) is 0 Å².